The van der Waals surface area contributed by atoms with Crippen LogP contribution in [0.3, 0.4) is 0 Å². The molecule has 0 radical (unpaired) electrons. The van der Waals surface area contributed by atoms with E-state index in [1.165, 1.54) is 43.6 Å². The van der Waals surface area contributed by atoms with Crippen molar-refractivity contribution in [3.05, 3.63) is 47.1 Å². The standard InChI is InChI=1S/C21H28N2.2C2H6/c1-4-5-7-16-15(2)10-13-23-20-11-12-22(3)14-19(20)18-9-6-8-17(16)21(18)23;2*1-2/h5-9,19-20H,4,10-14H2,1-3H3;2*1-2H3/b7-5-;;. The number of likely N-dealkylation sites (tertiary alicyclic amines) is 1. The van der Waals surface area contributed by atoms with Crippen LogP contribution in [-0.2, 0) is 0 Å². The number of benzene rings is 1. The maximum atomic E-state index is 2.75. The summed E-state index contributed by atoms with van der Waals surface area (Å²) in [7, 11) is 2.27. The zero-order chi connectivity index (χ0) is 20.0. The van der Waals surface area contributed by atoms with Crippen molar-refractivity contribution < 1.29 is 0 Å². The molecule has 0 amide bonds. The molecule has 2 unspecified atom stereocenters. The second-order valence-electron chi connectivity index (χ2n) is 7.42. The van der Waals surface area contributed by atoms with Crippen molar-refractivity contribution in [2.75, 3.05) is 31.6 Å². The molecule has 0 aromatic heterocycles. The van der Waals surface area contributed by atoms with Crippen LogP contribution in [0.25, 0.3) is 5.57 Å². The Morgan fingerprint density at radius 2 is 1.85 bits per heavy atom. The van der Waals surface area contributed by atoms with Crippen LogP contribution < -0.4 is 4.90 Å². The highest BCUT2D eigenvalue weighted by molar-refractivity contribution is 5.88. The Kier molecular flexibility index (Phi) is 8.16. The van der Waals surface area contributed by atoms with Crippen LogP contribution in [0.1, 0.15) is 77.8 Å². The maximum Gasteiger partial charge on any atom is 0.0485 e. The maximum absolute atomic E-state index is 2.75. The minimum absolute atomic E-state index is 0.693. The number of piperidine rings is 1. The Labute approximate surface area is 167 Å². The van der Waals surface area contributed by atoms with Crippen LogP contribution in [0, 0.1) is 0 Å². The highest BCUT2D eigenvalue weighted by Gasteiger charge is 2.42. The molecule has 150 valence electrons. The summed E-state index contributed by atoms with van der Waals surface area (Å²) < 4.78 is 0. The molecule has 27 heavy (non-hydrogen) atoms. The van der Waals surface area contributed by atoms with Crippen LogP contribution in [0.15, 0.2) is 35.9 Å². The SMILES string of the molecule is CC.CC.CC/C=C\C1=C(C)CCN2c3c1cccc3C1CN(C)CCC12. The Balaban J connectivity index is 0.000000614. The Hall–Kier alpha value is -1.54. The van der Waals surface area contributed by atoms with Crippen molar-refractivity contribution in [1.29, 1.82) is 0 Å². The third kappa shape index (κ3) is 4.16. The van der Waals surface area contributed by atoms with E-state index in [2.05, 4.69) is 61.0 Å². The fraction of sp³-hybridized carbons (Fsp3) is 0.600. The molecule has 2 nitrogen and oxygen atoms in total. The van der Waals surface area contributed by atoms with Gasteiger partial charge in [0.1, 0.15) is 0 Å². The van der Waals surface area contributed by atoms with Gasteiger partial charge in [0.25, 0.3) is 0 Å². The predicted molar refractivity (Wildman–Crippen MR) is 122 cm³/mol. The molecule has 4 rings (SSSR count). The minimum Gasteiger partial charge on any atom is -0.367 e. The van der Waals surface area contributed by atoms with Gasteiger partial charge in [0.15, 0.2) is 0 Å². The van der Waals surface area contributed by atoms with E-state index in [-0.39, 0.29) is 0 Å². The molecule has 2 heteroatoms. The van der Waals surface area contributed by atoms with Gasteiger partial charge in [-0.1, -0.05) is 70.5 Å². The molecule has 3 aliphatic rings. The highest BCUT2D eigenvalue weighted by Crippen LogP contribution is 2.49. The molecule has 0 aliphatic carbocycles. The summed E-state index contributed by atoms with van der Waals surface area (Å²) in [5.74, 6) is 0.693. The van der Waals surface area contributed by atoms with Crippen LogP contribution in [-0.4, -0.2) is 37.6 Å². The van der Waals surface area contributed by atoms with Gasteiger partial charge in [-0.05, 0) is 50.9 Å². The van der Waals surface area contributed by atoms with Crippen LogP contribution in [0.4, 0.5) is 5.69 Å². The van der Waals surface area contributed by atoms with Gasteiger partial charge in [0, 0.05) is 36.3 Å². The highest BCUT2D eigenvalue weighted by atomic mass is 15.2. The lowest BCUT2D eigenvalue weighted by molar-refractivity contribution is 0.231. The molecule has 1 fully saturated rings. The third-order valence-electron chi connectivity index (χ3n) is 5.93. The summed E-state index contributed by atoms with van der Waals surface area (Å²) in [6, 6.07) is 7.72. The van der Waals surface area contributed by atoms with E-state index in [4.69, 9.17) is 0 Å². The second-order valence-corrected chi connectivity index (χ2v) is 7.42. The van der Waals surface area contributed by atoms with Crippen molar-refractivity contribution in [3.63, 3.8) is 0 Å². The summed E-state index contributed by atoms with van der Waals surface area (Å²) in [4.78, 5) is 5.25. The van der Waals surface area contributed by atoms with E-state index in [1.54, 1.807) is 16.8 Å². The molecule has 1 aromatic rings. The van der Waals surface area contributed by atoms with E-state index < -0.39 is 0 Å². The first-order chi connectivity index (χ1) is 13.2. The predicted octanol–water partition coefficient (Wildman–Crippen LogP) is 6.49. The summed E-state index contributed by atoms with van der Waals surface area (Å²) >= 11 is 0. The number of rotatable bonds is 2. The average Bonchev–Trinajstić information content (AvgIpc) is 2.95. The first kappa shape index (κ1) is 21.8. The van der Waals surface area contributed by atoms with Gasteiger partial charge in [-0.25, -0.2) is 0 Å². The Morgan fingerprint density at radius 1 is 1.11 bits per heavy atom. The lowest BCUT2D eigenvalue weighted by Crippen LogP contribution is -2.45. The number of anilines is 1. The topological polar surface area (TPSA) is 6.48 Å². The van der Waals surface area contributed by atoms with Gasteiger partial charge in [-0.15, -0.1) is 0 Å². The molecule has 0 saturated carbocycles. The molecule has 0 bridgehead atoms. The smallest absolute Gasteiger partial charge is 0.0485 e. The quantitative estimate of drug-likeness (QED) is 0.588. The normalized spacial score (nSPS) is 23.7. The molecule has 3 aliphatic heterocycles. The van der Waals surface area contributed by atoms with Crippen molar-refractivity contribution in [3.8, 4) is 0 Å². The van der Waals surface area contributed by atoms with E-state index in [1.807, 2.05) is 27.7 Å². The van der Waals surface area contributed by atoms with Crippen molar-refractivity contribution in [2.45, 2.75) is 72.8 Å². The molecule has 1 aromatic carbocycles. The zero-order valence-corrected chi connectivity index (χ0v) is 18.7. The summed E-state index contributed by atoms with van der Waals surface area (Å²) in [5.41, 5.74) is 7.63. The molecule has 0 spiro atoms. The second kappa shape index (κ2) is 10.1. The fourth-order valence-corrected chi connectivity index (χ4v) is 4.74. The van der Waals surface area contributed by atoms with Gasteiger partial charge < -0.3 is 9.80 Å². The van der Waals surface area contributed by atoms with E-state index in [0.29, 0.717) is 12.0 Å². The molecular formula is C25H40N2. The first-order valence-electron chi connectivity index (χ1n) is 11.2. The number of allylic oxidation sites excluding steroid dienone is 3. The van der Waals surface area contributed by atoms with Gasteiger partial charge in [-0.3, -0.25) is 0 Å². The number of hydrogen-bond acceptors (Lipinski definition) is 2. The van der Waals surface area contributed by atoms with Crippen LogP contribution >= 0.6 is 0 Å². The molecule has 3 heterocycles. The van der Waals surface area contributed by atoms with Crippen molar-refractivity contribution >= 4 is 11.3 Å². The zero-order valence-electron chi connectivity index (χ0n) is 18.7. The number of likely N-dealkylation sites (N-methyl/N-ethyl adjacent to an activating group) is 1. The lowest BCUT2D eigenvalue weighted by atomic mass is 9.87. The summed E-state index contributed by atoms with van der Waals surface area (Å²) in [5, 5.41) is 0. The number of hydrogen-bond donors (Lipinski definition) is 0. The van der Waals surface area contributed by atoms with E-state index in [9.17, 15) is 0 Å². The molecule has 0 N–H and O–H groups in total. The fourth-order valence-electron chi connectivity index (χ4n) is 4.74. The number of para-hydroxylation sites is 1. The van der Waals surface area contributed by atoms with Gasteiger partial charge in [0.05, 0.1) is 0 Å². The van der Waals surface area contributed by atoms with Gasteiger partial charge >= 0.3 is 0 Å². The lowest BCUT2D eigenvalue weighted by Gasteiger charge is -2.37. The molecule has 2 atom stereocenters. The average molecular weight is 369 g/mol. The van der Waals surface area contributed by atoms with Gasteiger partial charge in [-0.2, -0.15) is 0 Å². The van der Waals surface area contributed by atoms with Gasteiger partial charge in [0.2, 0.25) is 0 Å². The minimum atomic E-state index is 0.693. The van der Waals surface area contributed by atoms with E-state index >= 15 is 0 Å². The Bertz CT molecular complexity index is 671. The summed E-state index contributed by atoms with van der Waals surface area (Å²) in [6.45, 7) is 16.2. The van der Waals surface area contributed by atoms with Crippen molar-refractivity contribution in [2.24, 2.45) is 0 Å². The molecular weight excluding hydrogens is 328 g/mol. The Morgan fingerprint density at radius 3 is 2.56 bits per heavy atom. The monoisotopic (exact) mass is 368 g/mol. The van der Waals surface area contributed by atoms with Crippen molar-refractivity contribution in [1.82, 2.24) is 4.90 Å². The van der Waals surface area contributed by atoms with Crippen LogP contribution in [0.2, 0.25) is 0 Å². The number of nitrogens with zero attached hydrogens (tertiary/aromatic N) is 2. The summed E-state index contributed by atoms with van der Waals surface area (Å²) in [6.07, 6.45) is 8.27. The van der Waals surface area contributed by atoms with E-state index in [0.717, 1.165) is 6.42 Å². The largest absolute Gasteiger partial charge is 0.367 e. The number of fused-ring (bicyclic) bond motifs is 3. The first-order valence-corrected chi connectivity index (χ1v) is 11.2. The van der Waals surface area contributed by atoms with Crippen LogP contribution in [0.5, 0.6) is 0 Å². The third-order valence-corrected chi connectivity index (χ3v) is 5.93. The molecule has 1 saturated heterocycles.